The SMILES string of the molecule is CC(CON)c1ccc(-n2cncn2)nc1. The van der Waals surface area contributed by atoms with Crippen LogP contribution in [0.5, 0.6) is 0 Å². The van der Waals surface area contributed by atoms with E-state index in [1.54, 1.807) is 17.2 Å². The highest BCUT2D eigenvalue weighted by Crippen LogP contribution is 2.14. The Labute approximate surface area is 93.0 Å². The second kappa shape index (κ2) is 4.82. The van der Waals surface area contributed by atoms with Gasteiger partial charge in [0.2, 0.25) is 0 Å². The number of nitrogens with two attached hydrogens (primary N) is 1. The van der Waals surface area contributed by atoms with Crippen molar-refractivity contribution in [2.45, 2.75) is 12.8 Å². The molecule has 84 valence electrons. The predicted molar refractivity (Wildman–Crippen MR) is 57.7 cm³/mol. The first-order valence-corrected chi connectivity index (χ1v) is 4.94. The molecule has 16 heavy (non-hydrogen) atoms. The van der Waals surface area contributed by atoms with E-state index in [9.17, 15) is 0 Å². The molecule has 2 N–H and O–H groups in total. The summed E-state index contributed by atoms with van der Waals surface area (Å²) in [5.74, 6) is 5.99. The molecule has 6 heteroatoms. The maximum atomic E-state index is 5.03. The quantitative estimate of drug-likeness (QED) is 0.764. The second-order valence-corrected chi connectivity index (χ2v) is 3.52. The Morgan fingerprint density at radius 3 is 2.94 bits per heavy atom. The molecule has 1 unspecified atom stereocenters. The molecule has 0 saturated heterocycles. The third-order valence-electron chi connectivity index (χ3n) is 2.34. The van der Waals surface area contributed by atoms with Crippen LogP contribution >= 0.6 is 0 Å². The van der Waals surface area contributed by atoms with Crippen LogP contribution in [0.15, 0.2) is 31.0 Å². The molecule has 1 atom stereocenters. The van der Waals surface area contributed by atoms with Gasteiger partial charge < -0.3 is 4.84 Å². The largest absolute Gasteiger partial charge is 0.304 e. The minimum atomic E-state index is 0.224. The smallest absolute Gasteiger partial charge is 0.155 e. The monoisotopic (exact) mass is 219 g/mol. The van der Waals surface area contributed by atoms with Crippen molar-refractivity contribution in [3.63, 3.8) is 0 Å². The number of nitrogens with zero attached hydrogens (tertiary/aromatic N) is 4. The molecule has 0 saturated carbocycles. The third kappa shape index (κ3) is 2.23. The Bertz CT molecular complexity index is 425. The molecule has 0 fully saturated rings. The summed E-state index contributed by atoms with van der Waals surface area (Å²) in [6.07, 6.45) is 4.87. The Morgan fingerprint density at radius 2 is 2.38 bits per heavy atom. The molecule has 0 bridgehead atoms. The summed E-state index contributed by atoms with van der Waals surface area (Å²) >= 11 is 0. The molecule has 0 radical (unpaired) electrons. The molecule has 2 aromatic rings. The third-order valence-corrected chi connectivity index (χ3v) is 2.34. The highest BCUT2D eigenvalue weighted by atomic mass is 16.6. The molecule has 0 spiro atoms. The average molecular weight is 219 g/mol. The van der Waals surface area contributed by atoms with Gasteiger partial charge in [-0.3, -0.25) is 0 Å². The van der Waals surface area contributed by atoms with Crippen molar-refractivity contribution in [2.75, 3.05) is 6.61 Å². The van der Waals surface area contributed by atoms with Gasteiger partial charge in [0.1, 0.15) is 12.7 Å². The van der Waals surface area contributed by atoms with Gasteiger partial charge in [-0.25, -0.2) is 20.5 Å². The number of aromatic nitrogens is 4. The van der Waals surface area contributed by atoms with Crippen molar-refractivity contribution in [3.05, 3.63) is 36.5 Å². The molecule has 2 aromatic heterocycles. The highest BCUT2D eigenvalue weighted by molar-refractivity contribution is 5.25. The molecule has 0 aliphatic rings. The van der Waals surface area contributed by atoms with Crippen LogP contribution in [0.2, 0.25) is 0 Å². The van der Waals surface area contributed by atoms with Gasteiger partial charge >= 0.3 is 0 Å². The van der Waals surface area contributed by atoms with Crippen molar-refractivity contribution >= 4 is 0 Å². The van der Waals surface area contributed by atoms with E-state index in [1.165, 1.54) is 6.33 Å². The molecule has 0 aliphatic carbocycles. The van der Waals surface area contributed by atoms with Gasteiger partial charge in [0.15, 0.2) is 5.82 Å². The lowest BCUT2D eigenvalue weighted by Crippen LogP contribution is -2.09. The van der Waals surface area contributed by atoms with Gasteiger partial charge in [0.25, 0.3) is 0 Å². The second-order valence-electron chi connectivity index (χ2n) is 3.52. The fourth-order valence-corrected chi connectivity index (χ4v) is 1.39. The Hall–Kier alpha value is -1.79. The van der Waals surface area contributed by atoms with Gasteiger partial charge in [-0.15, -0.1) is 0 Å². The van der Waals surface area contributed by atoms with E-state index >= 15 is 0 Å². The summed E-state index contributed by atoms with van der Waals surface area (Å²) < 4.78 is 1.61. The van der Waals surface area contributed by atoms with E-state index in [0.29, 0.717) is 6.61 Å². The van der Waals surface area contributed by atoms with Crippen LogP contribution in [-0.2, 0) is 4.84 Å². The minimum Gasteiger partial charge on any atom is -0.304 e. The Morgan fingerprint density at radius 1 is 1.50 bits per heavy atom. The van der Waals surface area contributed by atoms with Crippen LogP contribution in [0.3, 0.4) is 0 Å². The van der Waals surface area contributed by atoms with E-state index in [4.69, 9.17) is 5.90 Å². The first kappa shape index (κ1) is 10.7. The molecule has 0 aromatic carbocycles. The van der Waals surface area contributed by atoms with Crippen molar-refractivity contribution in [1.82, 2.24) is 19.7 Å². The Kier molecular flexibility index (Phi) is 3.23. The van der Waals surface area contributed by atoms with Crippen molar-refractivity contribution < 1.29 is 4.84 Å². The molecule has 6 nitrogen and oxygen atoms in total. The van der Waals surface area contributed by atoms with Crippen molar-refractivity contribution in [2.24, 2.45) is 5.90 Å². The van der Waals surface area contributed by atoms with Crippen LogP contribution in [0.25, 0.3) is 5.82 Å². The predicted octanol–water partition coefficient (Wildman–Crippen LogP) is 0.656. The summed E-state index contributed by atoms with van der Waals surface area (Å²) in [7, 11) is 0. The topological polar surface area (TPSA) is 78.9 Å². The molecule has 0 aliphatic heterocycles. The van der Waals surface area contributed by atoms with E-state index in [1.807, 2.05) is 19.1 Å². The standard InChI is InChI=1S/C10H13N5O/c1-8(5-16-11)9-2-3-10(13-4-9)15-7-12-6-14-15/h2-4,6-8H,5,11H2,1H3. The normalized spacial score (nSPS) is 12.6. The summed E-state index contributed by atoms with van der Waals surface area (Å²) in [4.78, 5) is 12.8. The fourth-order valence-electron chi connectivity index (χ4n) is 1.39. The zero-order chi connectivity index (χ0) is 11.4. The number of hydrogen-bond donors (Lipinski definition) is 1. The van der Waals surface area contributed by atoms with E-state index in [0.717, 1.165) is 11.4 Å². The first-order valence-electron chi connectivity index (χ1n) is 4.94. The fraction of sp³-hybridized carbons (Fsp3) is 0.300. The van der Waals surface area contributed by atoms with Gasteiger partial charge in [-0.05, 0) is 11.6 Å². The van der Waals surface area contributed by atoms with Crippen molar-refractivity contribution in [3.8, 4) is 5.82 Å². The number of hydrogen-bond acceptors (Lipinski definition) is 5. The van der Waals surface area contributed by atoms with E-state index < -0.39 is 0 Å². The van der Waals surface area contributed by atoms with Crippen LogP contribution in [0.4, 0.5) is 0 Å². The molecular formula is C10H13N5O. The summed E-state index contributed by atoms with van der Waals surface area (Å²) in [6, 6.07) is 3.87. The summed E-state index contributed by atoms with van der Waals surface area (Å²) in [5, 5.41) is 4.00. The summed E-state index contributed by atoms with van der Waals surface area (Å²) in [6.45, 7) is 2.50. The van der Waals surface area contributed by atoms with Gasteiger partial charge in [0.05, 0.1) is 6.61 Å². The van der Waals surface area contributed by atoms with Crippen molar-refractivity contribution in [1.29, 1.82) is 0 Å². The van der Waals surface area contributed by atoms with Crippen LogP contribution in [0.1, 0.15) is 18.4 Å². The minimum absolute atomic E-state index is 0.224. The molecule has 2 heterocycles. The molecule has 0 amide bonds. The molecular weight excluding hydrogens is 206 g/mol. The maximum absolute atomic E-state index is 5.03. The highest BCUT2D eigenvalue weighted by Gasteiger charge is 2.06. The van der Waals surface area contributed by atoms with Gasteiger partial charge in [-0.1, -0.05) is 13.0 Å². The van der Waals surface area contributed by atoms with Crippen LogP contribution in [-0.4, -0.2) is 26.4 Å². The lowest BCUT2D eigenvalue weighted by Gasteiger charge is -2.09. The maximum Gasteiger partial charge on any atom is 0.155 e. The lowest BCUT2D eigenvalue weighted by atomic mass is 10.1. The van der Waals surface area contributed by atoms with E-state index in [-0.39, 0.29) is 5.92 Å². The zero-order valence-corrected chi connectivity index (χ0v) is 8.95. The lowest BCUT2D eigenvalue weighted by molar-refractivity contribution is 0.126. The van der Waals surface area contributed by atoms with Crippen LogP contribution < -0.4 is 5.90 Å². The number of rotatable bonds is 4. The van der Waals surface area contributed by atoms with Gasteiger partial charge in [-0.2, -0.15) is 5.10 Å². The zero-order valence-electron chi connectivity index (χ0n) is 8.95. The average Bonchev–Trinajstić information content (AvgIpc) is 2.83. The Balaban J connectivity index is 2.16. The van der Waals surface area contributed by atoms with E-state index in [2.05, 4.69) is 19.9 Å². The summed E-state index contributed by atoms with van der Waals surface area (Å²) in [5.41, 5.74) is 1.08. The molecule has 2 rings (SSSR count). The number of pyridine rings is 1. The first-order chi connectivity index (χ1) is 7.81. The van der Waals surface area contributed by atoms with Crippen LogP contribution in [0, 0.1) is 0 Å². The van der Waals surface area contributed by atoms with Gasteiger partial charge in [0, 0.05) is 12.1 Å².